The summed E-state index contributed by atoms with van der Waals surface area (Å²) in [6.07, 6.45) is 2.69. The molecule has 0 aliphatic rings. The number of carbonyl (C=O) groups is 1. The minimum Gasteiger partial charge on any atom is -0.316 e. The number of amides is 1. The van der Waals surface area contributed by atoms with Gasteiger partial charge in [-0.1, -0.05) is 11.6 Å². The zero-order valence-corrected chi connectivity index (χ0v) is 11.8. The highest BCUT2D eigenvalue weighted by atomic mass is 35.5. The number of fused-ring (bicyclic) bond motifs is 1. The van der Waals surface area contributed by atoms with Crippen molar-refractivity contribution in [3.05, 3.63) is 75.5 Å². The first-order valence-electron chi connectivity index (χ1n) is 6.28. The largest absolute Gasteiger partial charge is 0.316 e. The lowest BCUT2D eigenvalue weighted by Crippen LogP contribution is -2.23. The molecular weight excluding hydrogens is 309 g/mol. The molecule has 3 aromatic rings. The number of halogens is 2. The fourth-order valence-corrected chi connectivity index (χ4v) is 2.09. The summed E-state index contributed by atoms with van der Waals surface area (Å²) < 4.78 is 14.1. The molecule has 1 aromatic carbocycles. The zero-order chi connectivity index (χ0) is 15.7. The predicted octanol–water partition coefficient (Wildman–Crippen LogP) is 2.74. The third-order valence-electron chi connectivity index (χ3n) is 3.02. The molecule has 0 radical (unpaired) electrons. The van der Waals surface area contributed by atoms with Gasteiger partial charge in [0.1, 0.15) is 17.2 Å². The Morgan fingerprint density at radius 2 is 1.91 bits per heavy atom. The Balaban J connectivity index is 1.97. The van der Waals surface area contributed by atoms with Gasteiger partial charge in [0, 0.05) is 11.8 Å². The van der Waals surface area contributed by atoms with Crippen molar-refractivity contribution in [1.82, 2.24) is 9.38 Å². The van der Waals surface area contributed by atoms with Crippen molar-refractivity contribution >= 4 is 28.8 Å². The van der Waals surface area contributed by atoms with Crippen molar-refractivity contribution in [1.29, 1.82) is 0 Å². The van der Waals surface area contributed by atoms with Gasteiger partial charge in [0.25, 0.3) is 11.5 Å². The number of carbonyl (C=O) groups excluding carboxylic acids is 1. The molecule has 2 aromatic heterocycles. The number of benzene rings is 1. The highest BCUT2D eigenvalue weighted by molar-refractivity contribution is 6.30. The Kier molecular flexibility index (Phi) is 3.60. The van der Waals surface area contributed by atoms with Gasteiger partial charge in [-0.15, -0.1) is 0 Å². The fraction of sp³-hybridized carbons (Fsp3) is 0. The van der Waals surface area contributed by atoms with Crippen LogP contribution in [0.25, 0.3) is 5.65 Å². The van der Waals surface area contributed by atoms with Crippen molar-refractivity contribution in [3.8, 4) is 0 Å². The van der Waals surface area contributed by atoms with Crippen LogP contribution in [0.1, 0.15) is 10.4 Å². The van der Waals surface area contributed by atoms with Crippen molar-refractivity contribution < 1.29 is 9.18 Å². The van der Waals surface area contributed by atoms with Gasteiger partial charge in [0.15, 0.2) is 0 Å². The second-order valence-electron chi connectivity index (χ2n) is 4.51. The van der Waals surface area contributed by atoms with E-state index in [1.165, 1.54) is 41.1 Å². The molecule has 0 saturated carbocycles. The van der Waals surface area contributed by atoms with E-state index in [4.69, 9.17) is 11.6 Å². The molecule has 0 saturated heterocycles. The van der Waals surface area contributed by atoms with Crippen LogP contribution in [0.15, 0.2) is 53.6 Å². The van der Waals surface area contributed by atoms with Gasteiger partial charge in [-0.25, -0.2) is 9.37 Å². The Morgan fingerprint density at radius 3 is 2.64 bits per heavy atom. The van der Waals surface area contributed by atoms with Gasteiger partial charge in [-0.05, 0) is 36.4 Å². The van der Waals surface area contributed by atoms with E-state index in [2.05, 4.69) is 10.3 Å². The van der Waals surface area contributed by atoms with Gasteiger partial charge in [0.2, 0.25) is 0 Å². The molecule has 0 atom stereocenters. The smallest absolute Gasteiger partial charge is 0.281 e. The third kappa shape index (κ3) is 2.68. The number of aromatic nitrogens is 2. The van der Waals surface area contributed by atoms with Crippen molar-refractivity contribution in [2.75, 3.05) is 5.32 Å². The maximum absolute atomic E-state index is 12.8. The van der Waals surface area contributed by atoms with E-state index in [0.717, 1.165) is 0 Å². The third-order valence-corrected chi connectivity index (χ3v) is 3.24. The summed E-state index contributed by atoms with van der Waals surface area (Å²) in [6, 6.07) is 8.19. The van der Waals surface area contributed by atoms with E-state index < -0.39 is 17.3 Å². The first-order chi connectivity index (χ1) is 10.5. The standard InChI is InChI=1S/C15H9ClFN3O2/c16-10-3-6-13-18-7-12(15(22)20(13)8-10)19-14(21)9-1-4-11(17)5-2-9/h1-8H,(H,19,21). The monoisotopic (exact) mass is 317 g/mol. The molecular formula is C15H9ClFN3O2. The highest BCUT2D eigenvalue weighted by Crippen LogP contribution is 2.10. The van der Waals surface area contributed by atoms with Crippen molar-refractivity contribution in [2.24, 2.45) is 0 Å². The molecule has 1 N–H and O–H groups in total. The molecule has 2 heterocycles. The normalized spacial score (nSPS) is 10.6. The van der Waals surface area contributed by atoms with Gasteiger partial charge in [0.05, 0.1) is 11.2 Å². The van der Waals surface area contributed by atoms with Crippen LogP contribution in [-0.2, 0) is 0 Å². The molecule has 1 amide bonds. The maximum atomic E-state index is 12.8. The van der Waals surface area contributed by atoms with Crippen LogP contribution in [0, 0.1) is 5.82 Å². The van der Waals surface area contributed by atoms with Crippen LogP contribution in [-0.4, -0.2) is 15.3 Å². The average Bonchev–Trinajstić information content (AvgIpc) is 2.51. The molecule has 7 heteroatoms. The predicted molar refractivity (Wildman–Crippen MR) is 80.8 cm³/mol. The molecule has 0 aliphatic carbocycles. The van der Waals surface area contributed by atoms with Crippen LogP contribution >= 0.6 is 11.6 Å². The summed E-state index contributed by atoms with van der Waals surface area (Å²) in [6.45, 7) is 0. The van der Waals surface area contributed by atoms with Crippen molar-refractivity contribution in [2.45, 2.75) is 0 Å². The van der Waals surface area contributed by atoms with Gasteiger partial charge < -0.3 is 5.32 Å². The minimum absolute atomic E-state index is 0.00842. The Bertz CT molecular complexity index is 922. The van der Waals surface area contributed by atoms with Gasteiger partial charge in [-0.3, -0.25) is 14.0 Å². The Labute approximate surface area is 129 Å². The lowest BCUT2D eigenvalue weighted by molar-refractivity contribution is 0.102. The van der Waals surface area contributed by atoms with Gasteiger partial charge >= 0.3 is 0 Å². The Morgan fingerprint density at radius 1 is 1.18 bits per heavy atom. The van der Waals surface area contributed by atoms with Gasteiger partial charge in [-0.2, -0.15) is 0 Å². The molecule has 0 spiro atoms. The number of anilines is 1. The molecule has 110 valence electrons. The van der Waals surface area contributed by atoms with E-state index in [-0.39, 0.29) is 11.3 Å². The molecule has 0 aliphatic heterocycles. The quantitative estimate of drug-likeness (QED) is 0.790. The van der Waals surface area contributed by atoms with Crippen LogP contribution in [0.5, 0.6) is 0 Å². The van der Waals surface area contributed by atoms with E-state index in [1.807, 2.05) is 0 Å². The fourth-order valence-electron chi connectivity index (χ4n) is 1.93. The summed E-state index contributed by atoms with van der Waals surface area (Å²) in [5, 5.41) is 2.83. The number of rotatable bonds is 2. The Hall–Kier alpha value is -2.73. The first kappa shape index (κ1) is 14.2. The second kappa shape index (κ2) is 5.57. The molecule has 5 nitrogen and oxygen atoms in total. The van der Waals surface area contributed by atoms with Crippen LogP contribution in [0.3, 0.4) is 0 Å². The van der Waals surface area contributed by atoms with Crippen molar-refractivity contribution in [3.63, 3.8) is 0 Å². The topological polar surface area (TPSA) is 63.5 Å². The van der Waals surface area contributed by atoms with Crippen LogP contribution in [0.2, 0.25) is 5.02 Å². The summed E-state index contributed by atoms with van der Waals surface area (Å²) in [5.41, 5.74) is 0.197. The first-order valence-corrected chi connectivity index (χ1v) is 6.66. The van der Waals surface area contributed by atoms with E-state index in [0.29, 0.717) is 10.7 Å². The number of hydrogen-bond acceptors (Lipinski definition) is 3. The zero-order valence-electron chi connectivity index (χ0n) is 11.1. The summed E-state index contributed by atoms with van der Waals surface area (Å²) in [4.78, 5) is 28.4. The van der Waals surface area contributed by atoms with E-state index in [1.54, 1.807) is 12.1 Å². The van der Waals surface area contributed by atoms with E-state index >= 15 is 0 Å². The summed E-state index contributed by atoms with van der Waals surface area (Å²) in [7, 11) is 0. The molecule has 3 rings (SSSR count). The second-order valence-corrected chi connectivity index (χ2v) is 4.95. The number of nitrogens with one attached hydrogen (secondary N) is 1. The average molecular weight is 318 g/mol. The molecule has 0 unspecified atom stereocenters. The highest BCUT2D eigenvalue weighted by Gasteiger charge is 2.11. The molecule has 22 heavy (non-hydrogen) atoms. The van der Waals surface area contributed by atoms with E-state index in [9.17, 15) is 14.0 Å². The number of nitrogens with zero attached hydrogens (tertiary/aromatic N) is 2. The number of hydrogen-bond donors (Lipinski definition) is 1. The van der Waals surface area contributed by atoms with Crippen LogP contribution in [0.4, 0.5) is 10.1 Å². The number of pyridine rings is 1. The minimum atomic E-state index is -0.527. The summed E-state index contributed by atoms with van der Waals surface area (Å²) >= 11 is 5.85. The lowest BCUT2D eigenvalue weighted by atomic mass is 10.2. The molecule has 0 fully saturated rings. The summed E-state index contributed by atoms with van der Waals surface area (Å²) in [5.74, 6) is -0.973. The molecule has 0 bridgehead atoms. The maximum Gasteiger partial charge on any atom is 0.281 e. The SMILES string of the molecule is O=C(Nc1cnc2ccc(Cl)cn2c1=O)c1ccc(F)cc1. The van der Waals surface area contributed by atoms with Crippen LogP contribution < -0.4 is 10.9 Å². The lowest BCUT2D eigenvalue weighted by Gasteiger charge is -2.06.